The molecule has 2 aliphatic rings. The van der Waals surface area contributed by atoms with Crippen LogP contribution >= 0.6 is 0 Å². The van der Waals surface area contributed by atoms with Gasteiger partial charge in [-0.1, -0.05) is 0 Å². The molecule has 2 heterocycles. The van der Waals surface area contributed by atoms with E-state index in [0.717, 1.165) is 26.2 Å². The summed E-state index contributed by atoms with van der Waals surface area (Å²) in [7, 11) is 0. The topological polar surface area (TPSA) is 48.1 Å². The van der Waals surface area contributed by atoms with Gasteiger partial charge in [-0.15, -0.1) is 0 Å². The average molecular weight is 200 g/mol. The number of hydrogen-bond acceptors (Lipinski definition) is 4. The third kappa shape index (κ3) is 7.26. The van der Waals surface area contributed by atoms with Crippen LogP contribution in [0.15, 0.2) is 0 Å². The molecule has 0 radical (unpaired) electrons. The minimum atomic E-state index is 1.14. The fourth-order valence-electron chi connectivity index (χ4n) is 1.53. The summed E-state index contributed by atoms with van der Waals surface area (Å²) in [4.78, 5) is 0. The third-order valence-electron chi connectivity index (χ3n) is 2.37. The van der Waals surface area contributed by atoms with Gasteiger partial charge in [0.05, 0.1) is 0 Å². The van der Waals surface area contributed by atoms with Gasteiger partial charge in [0.15, 0.2) is 0 Å². The smallest absolute Gasteiger partial charge is 0.00767 e. The summed E-state index contributed by atoms with van der Waals surface area (Å²) in [5, 5.41) is 13.1. The van der Waals surface area contributed by atoms with Crippen molar-refractivity contribution in [2.24, 2.45) is 0 Å². The van der Waals surface area contributed by atoms with Crippen molar-refractivity contribution in [3.05, 3.63) is 0 Å². The van der Waals surface area contributed by atoms with Crippen LogP contribution in [0, 0.1) is 0 Å². The van der Waals surface area contributed by atoms with Crippen molar-refractivity contribution >= 4 is 0 Å². The van der Waals surface area contributed by atoms with E-state index < -0.39 is 0 Å². The predicted octanol–water partition coefficient (Wildman–Crippen LogP) is -0.861. The molecular formula is C10H24N4. The Kier molecular flexibility index (Phi) is 8.00. The van der Waals surface area contributed by atoms with Crippen LogP contribution in [0.4, 0.5) is 0 Å². The molecule has 14 heavy (non-hydrogen) atoms. The Morgan fingerprint density at radius 1 is 0.357 bits per heavy atom. The van der Waals surface area contributed by atoms with Crippen molar-refractivity contribution in [1.29, 1.82) is 0 Å². The fraction of sp³-hybridized carbons (Fsp3) is 1.00. The van der Waals surface area contributed by atoms with Gasteiger partial charge >= 0.3 is 0 Å². The molecule has 2 saturated heterocycles. The summed E-state index contributed by atoms with van der Waals surface area (Å²) in [5.41, 5.74) is 0. The maximum atomic E-state index is 3.28. The Bertz CT molecular complexity index is 65.4. The Morgan fingerprint density at radius 3 is 0.929 bits per heavy atom. The Balaban J connectivity index is 0.000000140. The van der Waals surface area contributed by atoms with Crippen molar-refractivity contribution < 1.29 is 0 Å². The molecule has 4 N–H and O–H groups in total. The number of rotatable bonds is 0. The van der Waals surface area contributed by atoms with E-state index in [4.69, 9.17) is 0 Å². The second-order valence-electron chi connectivity index (χ2n) is 3.71. The van der Waals surface area contributed by atoms with Gasteiger partial charge in [-0.3, -0.25) is 0 Å². The quantitative estimate of drug-likeness (QED) is 0.411. The molecule has 0 saturated carbocycles. The van der Waals surface area contributed by atoms with E-state index in [1.807, 2.05) is 0 Å². The average Bonchev–Trinajstić information content (AvgIpc) is 2.68. The monoisotopic (exact) mass is 200 g/mol. The predicted molar refractivity (Wildman–Crippen MR) is 60.7 cm³/mol. The lowest BCUT2D eigenvalue weighted by molar-refractivity contribution is 0.718. The van der Waals surface area contributed by atoms with Crippen LogP contribution in [0.3, 0.4) is 0 Å². The molecule has 0 atom stereocenters. The molecule has 0 amide bonds. The summed E-state index contributed by atoms with van der Waals surface area (Å²) < 4.78 is 0. The van der Waals surface area contributed by atoms with E-state index in [-0.39, 0.29) is 0 Å². The molecule has 2 rings (SSSR count). The largest absolute Gasteiger partial charge is 0.315 e. The van der Waals surface area contributed by atoms with Crippen molar-refractivity contribution in [3.63, 3.8) is 0 Å². The molecule has 0 aromatic heterocycles. The molecule has 4 heteroatoms. The van der Waals surface area contributed by atoms with E-state index in [1.54, 1.807) is 0 Å². The second kappa shape index (κ2) is 9.40. The van der Waals surface area contributed by atoms with Gasteiger partial charge in [-0.05, 0) is 39.0 Å². The molecule has 0 aromatic rings. The van der Waals surface area contributed by atoms with Gasteiger partial charge in [0.2, 0.25) is 0 Å². The van der Waals surface area contributed by atoms with Crippen LogP contribution in [0.5, 0.6) is 0 Å². The molecule has 0 aliphatic carbocycles. The highest BCUT2D eigenvalue weighted by molar-refractivity contribution is 4.58. The zero-order valence-corrected chi connectivity index (χ0v) is 9.07. The highest BCUT2D eigenvalue weighted by Gasteiger charge is 1.93. The van der Waals surface area contributed by atoms with Gasteiger partial charge in [-0.2, -0.15) is 0 Å². The first-order valence-electron chi connectivity index (χ1n) is 5.83. The minimum Gasteiger partial charge on any atom is -0.315 e. The lowest BCUT2D eigenvalue weighted by atomic mass is 10.4. The SMILES string of the molecule is C1CNCCNC1.C1CNCCNC1. The lowest BCUT2D eigenvalue weighted by Gasteiger charge is -1.92. The molecule has 0 spiro atoms. The molecular weight excluding hydrogens is 176 g/mol. The van der Waals surface area contributed by atoms with E-state index in [0.29, 0.717) is 0 Å². The zero-order valence-electron chi connectivity index (χ0n) is 9.07. The molecule has 2 fully saturated rings. The Hall–Kier alpha value is -0.160. The second-order valence-corrected chi connectivity index (χ2v) is 3.71. The number of nitrogens with one attached hydrogen (secondary N) is 4. The van der Waals surface area contributed by atoms with E-state index in [2.05, 4.69) is 21.3 Å². The first-order chi connectivity index (χ1) is 7.00. The van der Waals surface area contributed by atoms with Crippen LogP contribution in [-0.4, -0.2) is 52.4 Å². The van der Waals surface area contributed by atoms with E-state index in [1.165, 1.54) is 39.0 Å². The van der Waals surface area contributed by atoms with Gasteiger partial charge < -0.3 is 21.3 Å². The molecule has 2 aliphatic heterocycles. The van der Waals surface area contributed by atoms with Crippen LogP contribution in [0.25, 0.3) is 0 Å². The van der Waals surface area contributed by atoms with Crippen LogP contribution in [-0.2, 0) is 0 Å². The highest BCUT2D eigenvalue weighted by Crippen LogP contribution is 1.76. The molecule has 0 aromatic carbocycles. The van der Waals surface area contributed by atoms with Gasteiger partial charge in [0.25, 0.3) is 0 Å². The van der Waals surface area contributed by atoms with Crippen LogP contribution in [0.1, 0.15) is 12.8 Å². The molecule has 4 nitrogen and oxygen atoms in total. The molecule has 84 valence electrons. The normalized spacial score (nSPS) is 24.0. The van der Waals surface area contributed by atoms with Gasteiger partial charge in [0, 0.05) is 26.2 Å². The van der Waals surface area contributed by atoms with E-state index >= 15 is 0 Å². The highest BCUT2D eigenvalue weighted by atomic mass is 15.0. The van der Waals surface area contributed by atoms with Gasteiger partial charge in [-0.25, -0.2) is 0 Å². The van der Waals surface area contributed by atoms with Crippen molar-refractivity contribution in [2.75, 3.05) is 52.4 Å². The third-order valence-corrected chi connectivity index (χ3v) is 2.37. The first kappa shape index (κ1) is 11.9. The van der Waals surface area contributed by atoms with Crippen LogP contribution < -0.4 is 21.3 Å². The summed E-state index contributed by atoms with van der Waals surface area (Å²) in [6, 6.07) is 0. The summed E-state index contributed by atoms with van der Waals surface area (Å²) in [6.45, 7) is 9.31. The zero-order chi connectivity index (χ0) is 9.90. The summed E-state index contributed by atoms with van der Waals surface area (Å²) >= 11 is 0. The maximum Gasteiger partial charge on any atom is 0.00767 e. The number of hydrogen-bond donors (Lipinski definition) is 4. The summed E-state index contributed by atoms with van der Waals surface area (Å²) in [6.07, 6.45) is 2.56. The first-order valence-corrected chi connectivity index (χ1v) is 5.83. The molecule has 0 bridgehead atoms. The van der Waals surface area contributed by atoms with Crippen molar-refractivity contribution in [3.8, 4) is 0 Å². The Morgan fingerprint density at radius 2 is 0.643 bits per heavy atom. The van der Waals surface area contributed by atoms with Crippen molar-refractivity contribution in [1.82, 2.24) is 21.3 Å². The van der Waals surface area contributed by atoms with Gasteiger partial charge in [0.1, 0.15) is 0 Å². The lowest BCUT2D eigenvalue weighted by Crippen LogP contribution is -2.21. The molecule has 0 unspecified atom stereocenters. The van der Waals surface area contributed by atoms with Crippen LogP contribution in [0.2, 0.25) is 0 Å². The van der Waals surface area contributed by atoms with E-state index in [9.17, 15) is 0 Å². The summed E-state index contributed by atoms with van der Waals surface area (Å²) in [5.74, 6) is 0. The van der Waals surface area contributed by atoms with Crippen molar-refractivity contribution in [2.45, 2.75) is 12.8 Å². The fourth-order valence-corrected chi connectivity index (χ4v) is 1.53. The maximum absolute atomic E-state index is 3.28. The standard InChI is InChI=1S/2C5H12N2/c2*1-2-6-4-5-7-3-1/h2*6-7H,1-5H2. The Labute approximate surface area is 87.2 Å². The minimum absolute atomic E-state index is 1.14.